The lowest BCUT2D eigenvalue weighted by molar-refractivity contribution is 0.0953. The molecule has 1 aliphatic heterocycles. The van der Waals surface area contributed by atoms with E-state index in [9.17, 15) is 4.79 Å². The van der Waals surface area contributed by atoms with Gasteiger partial charge in [0.15, 0.2) is 0 Å². The molecule has 1 atom stereocenters. The van der Waals surface area contributed by atoms with Crippen LogP contribution in [-0.4, -0.2) is 35.5 Å². The predicted octanol–water partition coefficient (Wildman–Crippen LogP) is 3.34. The molecule has 3 rings (SSSR count). The standard InChI is InChI=1S/C19H23ClN4O/c1-14-3-2-10-24(13-14)19-22-11-16(12-23-19)18(25)21-9-8-15-4-6-17(20)7-5-15/h4-7,11-12,14H,2-3,8-10,13H2,1H3,(H,21,25). The minimum absolute atomic E-state index is 0.146. The molecular weight excluding hydrogens is 336 g/mol. The maximum absolute atomic E-state index is 12.2. The summed E-state index contributed by atoms with van der Waals surface area (Å²) in [5.41, 5.74) is 1.63. The molecular formula is C19H23ClN4O. The summed E-state index contributed by atoms with van der Waals surface area (Å²) in [5.74, 6) is 1.23. The third kappa shape index (κ3) is 4.92. The molecule has 1 aromatic carbocycles. The summed E-state index contributed by atoms with van der Waals surface area (Å²) < 4.78 is 0. The van der Waals surface area contributed by atoms with Crippen molar-refractivity contribution >= 4 is 23.5 Å². The molecule has 0 bridgehead atoms. The Kier molecular flexibility index (Phi) is 5.87. The van der Waals surface area contributed by atoms with Crippen molar-refractivity contribution in [3.8, 4) is 0 Å². The van der Waals surface area contributed by atoms with Crippen LogP contribution in [0, 0.1) is 5.92 Å². The van der Waals surface area contributed by atoms with Crippen LogP contribution in [0.5, 0.6) is 0 Å². The number of nitrogens with one attached hydrogen (secondary N) is 1. The summed E-state index contributed by atoms with van der Waals surface area (Å²) in [4.78, 5) is 23.1. The Labute approximate surface area is 153 Å². The van der Waals surface area contributed by atoms with E-state index in [0.29, 0.717) is 29.0 Å². The Hall–Kier alpha value is -2.14. The Balaban J connectivity index is 1.51. The van der Waals surface area contributed by atoms with Gasteiger partial charge in [-0.2, -0.15) is 0 Å². The van der Waals surface area contributed by atoms with Crippen LogP contribution in [0.2, 0.25) is 5.02 Å². The highest BCUT2D eigenvalue weighted by molar-refractivity contribution is 6.30. The van der Waals surface area contributed by atoms with E-state index in [2.05, 4.69) is 27.1 Å². The normalized spacial score (nSPS) is 17.4. The topological polar surface area (TPSA) is 58.1 Å². The first-order valence-electron chi connectivity index (χ1n) is 8.71. The first-order chi connectivity index (χ1) is 12.1. The third-order valence-corrected chi connectivity index (χ3v) is 4.70. The number of halogens is 1. The van der Waals surface area contributed by atoms with Gasteiger partial charge in [-0.25, -0.2) is 9.97 Å². The molecule has 1 N–H and O–H groups in total. The molecule has 2 heterocycles. The van der Waals surface area contributed by atoms with Crippen molar-refractivity contribution in [1.29, 1.82) is 0 Å². The van der Waals surface area contributed by atoms with Crippen LogP contribution in [0.15, 0.2) is 36.7 Å². The third-order valence-electron chi connectivity index (χ3n) is 4.45. The van der Waals surface area contributed by atoms with Crippen molar-refractivity contribution in [3.63, 3.8) is 0 Å². The van der Waals surface area contributed by atoms with Gasteiger partial charge in [-0.1, -0.05) is 30.7 Å². The first-order valence-corrected chi connectivity index (χ1v) is 9.09. The number of piperidine rings is 1. The van der Waals surface area contributed by atoms with Crippen molar-refractivity contribution in [1.82, 2.24) is 15.3 Å². The summed E-state index contributed by atoms with van der Waals surface area (Å²) in [6, 6.07) is 7.64. The number of hydrogen-bond acceptors (Lipinski definition) is 4. The number of aromatic nitrogens is 2. The van der Waals surface area contributed by atoms with E-state index in [1.165, 1.54) is 6.42 Å². The largest absolute Gasteiger partial charge is 0.352 e. The SMILES string of the molecule is CC1CCCN(c2ncc(C(=O)NCCc3ccc(Cl)cc3)cn2)C1. The van der Waals surface area contributed by atoms with Gasteiger partial charge in [0, 0.05) is 37.1 Å². The van der Waals surface area contributed by atoms with Crippen molar-refractivity contribution in [3.05, 3.63) is 52.8 Å². The zero-order valence-corrected chi connectivity index (χ0v) is 15.2. The molecule has 1 unspecified atom stereocenters. The highest BCUT2D eigenvalue weighted by Gasteiger charge is 2.18. The second kappa shape index (κ2) is 8.30. The lowest BCUT2D eigenvalue weighted by Crippen LogP contribution is -2.35. The molecule has 132 valence electrons. The number of carbonyl (C=O) groups excluding carboxylic acids is 1. The molecule has 6 heteroatoms. The molecule has 0 aliphatic carbocycles. The fraction of sp³-hybridized carbons (Fsp3) is 0.421. The molecule has 2 aromatic rings. The quantitative estimate of drug-likeness (QED) is 0.890. The van der Waals surface area contributed by atoms with Gasteiger partial charge in [0.25, 0.3) is 5.91 Å². The monoisotopic (exact) mass is 358 g/mol. The van der Waals surface area contributed by atoms with Crippen LogP contribution in [0.4, 0.5) is 5.95 Å². The number of anilines is 1. The Morgan fingerprint density at radius 1 is 1.28 bits per heavy atom. The number of hydrogen-bond donors (Lipinski definition) is 1. The van der Waals surface area contributed by atoms with Gasteiger partial charge in [0.05, 0.1) is 5.56 Å². The van der Waals surface area contributed by atoms with Gasteiger partial charge in [0.2, 0.25) is 5.95 Å². The summed E-state index contributed by atoms with van der Waals surface area (Å²) in [6.45, 7) is 4.77. The van der Waals surface area contributed by atoms with Gasteiger partial charge >= 0.3 is 0 Å². The first kappa shape index (κ1) is 17.7. The Morgan fingerprint density at radius 3 is 2.68 bits per heavy atom. The van der Waals surface area contributed by atoms with E-state index < -0.39 is 0 Å². The molecule has 1 aliphatic rings. The number of nitrogens with zero attached hydrogens (tertiary/aromatic N) is 3. The van der Waals surface area contributed by atoms with Crippen molar-refractivity contribution in [2.24, 2.45) is 5.92 Å². The Morgan fingerprint density at radius 2 is 2.00 bits per heavy atom. The predicted molar refractivity (Wildman–Crippen MR) is 100 cm³/mol. The van der Waals surface area contributed by atoms with Crippen LogP contribution < -0.4 is 10.2 Å². The lowest BCUT2D eigenvalue weighted by Gasteiger charge is -2.30. The van der Waals surface area contributed by atoms with E-state index in [1.54, 1.807) is 12.4 Å². The summed E-state index contributed by atoms with van der Waals surface area (Å²) >= 11 is 5.87. The Bertz CT molecular complexity index is 702. The fourth-order valence-electron chi connectivity index (χ4n) is 3.05. The minimum Gasteiger partial charge on any atom is -0.352 e. The van der Waals surface area contributed by atoms with Crippen LogP contribution in [0.1, 0.15) is 35.7 Å². The number of benzene rings is 1. The molecule has 0 spiro atoms. The van der Waals surface area contributed by atoms with Crippen LogP contribution in [0.25, 0.3) is 0 Å². The van der Waals surface area contributed by atoms with Crippen molar-refractivity contribution in [2.45, 2.75) is 26.2 Å². The van der Waals surface area contributed by atoms with Crippen LogP contribution in [-0.2, 0) is 6.42 Å². The summed E-state index contributed by atoms with van der Waals surface area (Å²) in [6.07, 6.45) is 6.40. The number of amides is 1. The van der Waals surface area contributed by atoms with E-state index in [4.69, 9.17) is 11.6 Å². The van der Waals surface area contributed by atoms with Gasteiger partial charge in [-0.05, 0) is 42.9 Å². The van der Waals surface area contributed by atoms with E-state index >= 15 is 0 Å². The average molecular weight is 359 g/mol. The molecule has 0 saturated carbocycles. The van der Waals surface area contributed by atoms with Crippen molar-refractivity contribution < 1.29 is 4.79 Å². The molecule has 1 aromatic heterocycles. The fourth-order valence-corrected chi connectivity index (χ4v) is 3.17. The zero-order valence-electron chi connectivity index (χ0n) is 14.4. The van der Waals surface area contributed by atoms with E-state index in [0.717, 1.165) is 31.5 Å². The molecule has 1 saturated heterocycles. The zero-order chi connectivity index (χ0) is 17.6. The van der Waals surface area contributed by atoms with Gasteiger partial charge in [-0.3, -0.25) is 4.79 Å². The second-order valence-electron chi connectivity index (χ2n) is 6.60. The second-order valence-corrected chi connectivity index (χ2v) is 7.03. The highest BCUT2D eigenvalue weighted by atomic mass is 35.5. The maximum Gasteiger partial charge on any atom is 0.254 e. The summed E-state index contributed by atoms with van der Waals surface area (Å²) in [5, 5.41) is 3.62. The molecule has 1 amide bonds. The molecule has 25 heavy (non-hydrogen) atoms. The van der Waals surface area contributed by atoms with Gasteiger partial charge < -0.3 is 10.2 Å². The lowest BCUT2D eigenvalue weighted by atomic mass is 10.0. The summed E-state index contributed by atoms with van der Waals surface area (Å²) in [7, 11) is 0. The highest BCUT2D eigenvalue weighted by Crippen LogP contribution is 2.19. The van der Waals surface area contributed by atoms with E-state index in [-0.39, 0.29) is 5.91 Å². The van der Waals surface area contributed by atoms with Crippen LogP contribution >= 0.6 is 11.6 Å². The molecule has 1 fully saturated rings. The number of rotatable bonds is 5. The smallest absolute Gasteiger partial charge is 0.254 e. The minimum atomic E-state index is -0.146. The van der Waals surface area contributed by atoms with Gasteiger partial charge in [-0.15, -0.1) is 0 Å². The average Bonchev–Trinajstić information content (AvgIpc) is 2.63. The number of carbonyl (C=O) groups is 1. The van der Waals surface area contributed by atoms with Crippen LogP contribution in [0.3, 0.4) is 0 Å². The maximum atomic E-state index is 12.2. The van der Waals surface area contributed by atoms with E-state index in [1.807, 2.05) is 24.3 Å². The molecule has 5 nitrogen and oxygen atoms in total. The van der Waals surface area contributed by atoms with Crippen molar-refractivity contribution in [2.75, 3.05) is 24.5 Å². The molecule has 0 radical (unpaired) electrons. The van der Waals surface area contributed by atoms with Gasteiger partial charge in [0.1, 0.15) is 0 Å².